The summed E-state index contributed by atoms with van der Waals surface area (Å²) in [6.45, 7) is 3.05. The number of benzene rings is 1. The van der Waals surface area contributed by atoms with E-state index in [1.165, 1.54) is 0 Å². The number of piperidine rings is 1. The molecule has 2 aromatic rings. The summed E-state index contributed by atoms with van der Waals surface area (Å²) in [6.07, 6.45) is 2.93. The summed E-state index contributed by atoms with van der Waals surface area (Å²) >= 11 is 0. The van der Waals surface area contributed by atoms with E-state index in [1.807, 2.05) is 49.4 Å². The minimum absolute atomic E-state index is 0.0204. The molecule has 0 radical (unpaired) electrons. The third kappa shape index (κ3) is 4.41. The van der Waals surface area contributed by atoms with E-state index in [1.54, 1.807) is 11.2 Å². The van der Waals surface area contributed by atoms with E-state index in [0.717, 1.165) is 11.4 Å². The van der Waals surface area contributed by atoms with E-state index in [-0.39, 0.29) is 23.9 Å². The smallest absolute Gasteiger partial charge is 0.321 e. The molecule has 1 aliphatic heterocycles. The summed E-state index contributed by atoms with van der Waals surface area (Å²) in [7, 11) is 0. The van der Waals surface area contributed by atoms with Crippen molar-refractivity contribution in [1.29, 1.82) is 0 Å². The van der Waals surface area contributed by atoms with Crippen molar-refractivity contribution < 1.29 is 14.0 Å². The van der Waals surface area contributed by atoms with Gasteiger partial charge in [0.15, 0.2) is 0 Å². The van der Waals surface area contributed by atoms with E-state index in [0.29, 0.717) is 25.9 Å². The predicted molar refractivity (Wildman–Crippen MR) is 95.0 cm³/mol. The molecule has 1 saturated heterocycles. The van der Waals surface area contributed by atoms with Crippen molar-refractivity contribution in [2.24, 2.45) is 5.92 Å². The van der Waals surface area contributed by atoms with Crippen LogP contribution >= 0.6 is 0 Å². The monoisotopic (exact) mass is 341 g/mol. The van der Waals surface area contributed by atoms with Crippen LogP contribution in [-0.2, 0) is 4.79 Å². The molecule has 0 spiro atoms. The van der Waals surface area contributed by atoms with Crippen LogP contribution in [0.3, 0.4) is 0 Å². The van der Waals surface area contributed by atoms with E-state index in [9.17, 15) is 9.59 Å². The standard InChI is InChI=1S/C19H23N3O3/c1-14(17-8-5-13-25-17)20-18(23)15-9-11-22(12-10-15)19(24)21-16-6-3-2-4-7-16/h2-8,13-15H,9-12H2,1H3,(H,20,23)(H,21,24). The first-order valence-electron chi connectivity index (χ1n) is 8.58. The van der Waals surface area contributed by atoms with Crippen LogP contribution in [0.5, 0.6) is 0 Å². The maximum atomic E-state index is 12.4. The van der Waals surface area contributed by atoms with Crippen LogP contribution in [-0.4, -0.2) is 29.9 Å². The quantitative estimate of drug-likeness (QED) is 0.895. The number of carbonyl (C=O) groups is 2. The van der Waals surface area contributed by atoms with Gasteiger partial charge >= 0.3 is 6.03 Å². The van der Waals surface area contributed by atoms with Crippen molar-refractivity contribution >= 4 is 17.6 Å². The Labute approximate surface area is 147 Å². The van der Waals surface area contributed by atoms with Gasteiger partial charge in [0, 0.05) is 24.7 Å². The molecule has 0 saturated carbocycles. The van der Waals surface area contributed by atoms with Gasteiger partial charge in [0.1, 0.15) is 5.76 Å². The molecule has 1 aromatic heterocycles. The fourth-order valence-corrected chi connectivity index (χ4v) is 3.01. The lowest BCUT2D eigenvalue weighted by Gasteiger charge is -2.31. The second-order valence-electron chi connectivity index (χ2n) is 6.30. The summed E-state index contributed by atoms with van der Waals surface area (Å²) in [4.78, 5) is 26.4. The lowest BCUT2D eigenvalue weighted by Crippen LogP contribution is -2.44. The fourth-order valence-electron chi connectivity index (χ4n) is 3.01. The molecule has 1 aromatic carbocycles. The number of likely N-dealkylation sites (tertiary alicyclic amines) is 1. The minimum atomic E-state index is -0.151. The number of para-hydroxylation sites is 1. The average molecular weight is 341 g/mol. The highest BCUT2D eigenvalue weighted by Gasteiger charge is 2.28. The van der Waals surface area contributed by atoms with Gasteiger partial charge in [-0.2, -0.15) is 0 Å². The zero-order chi connectivity index (χ0) is 17.6. The lowest BCUT2D eigenvalue weighted by atomic mass is 9.95. The number of nitrogens with one attached hydrogen (secondary N) is 2. The molecular formula is C19H23N3O3. The number of anilines is 1. The molecule has 3 amide bonds. The first-order chi connectivity index (χ1) is 12.1. The molecule has 0 bridgehead atoms. The van der Waals surface area contributed by atoms with E-state index in [4.69, 9.17) is 4.42 Å². The van der Waals surface area contributed by atoms with Crippen molar-refractivity contribution in [1.82, 2.24) is 10.2 Å². The van der Waals surface area contributed by atoms with Crippen LogP contribution in [0.15, 0.2) is 53.1 Å². The van der Waals surface area contributed by atoms with Crippen molar-refractivity contribution in [3.63, 3.8) is 0 Å². The molecule has 6 heteroatoms. The van der Waals surface area contributed by atoms with Gasteiger partial charge in [-0.05, 0) is 44.0 Å². The Morgan fingerprint density at radius 1 is 1.12 bits per heavy atom. The highest BCUT2D eigenvalue weighted by atomic mass is 16.3. The topological polar surface area (TPSA) is 74.6 Å². The van der Waals surface area contributed by atoms with E-state index in [2.05, 4.69) is 10.6 Å². The first kappa shape index (κ1) is 17.1. The van der Waals surface area contributed by atoms with Crippen molar-refractivity contribution in [3.8, 4) is 0 Å². The predicted octanol–water partition coefficient (Wildman–Crippen LogP) is 3.40. The molecule has 0 aliphatic carbocycles. The Kier molecular flexibility index (Phi) is 5.38. The molecule has 2 N–H and O–H groups in total. The molecule has 2 heterocycles. The van der Waals surface area contributed by atoms with Crippen molar-refractivity contribution in [3.05, 3.63) is 54.5 Å². The van der Waals surface area contributed by atoms with Crippen LogP contribution in [0.4, 0.5) is 10.5 Å². The van der Waals surface area contributed by atoms with Gasteiger partial charge in [-0.3, -0.25) is 4.79 Å². The van der Waals surface area contributed by atoms with Gasteiger partial charge in [0.05, 0.1) is 12.3 Å². The van der Waals surface area contributed by atoms with Gasteiger partial charge in [0.25, 0.3) is 0 Å². The number of urea groups is 1. The zero-order valence-corrected chi connectivity index (χ0v) is 14.3. The number of carbonyl (C=O) groups excluding carboxylic acids is 2. The minimum Gasteiger partial charge on any atom is -0.467 e. The lowest BCUT2D eigenvalue weighted by molar-refractivity contribution is -0.127. The van der Waals surface area contributed by atoms with Crippen molar-refractivity contribution in [2.75, 3.05) is 18.4 Å². The van der Waals surface area contributed by atoms with Crippen molar-refractivity contribution in [2.45, 2.75) is 25.8 Å². The third-order valence-electron chi connectivity index (χ3n) is 4.51. The average Bonchev–Trinajstić information content (AvgIpc) is 3.17. The molecule has 1 unspecified atom stereocenters. The summed E-state index contributed by atoms with van der Waals surface area (Å²) in [5.74, 6) is 0.693. The molecule has 25 heavy (non-hydrogen) atoms. The molecule has 1 fully saturated rings. The number of nitrogens with zero attached hydrogens (tertiary/aromatic N) is 1. The van der Waals surface area contributed by atoms with Crippen LogP contribution in [0.2, 0.25) is 0 Å². The van der Waals surface area contributed by atoms with Crippen LogP contribution in [0.25, 0.3) is 0 Å². The Hall–Kier alpha value is -2.76. The van der Waals surface area contributed by atoms with Crippen LogP contribution in [0, 0.1) is 5.92 Å². The second-order valence-corrected chi connectivity index (χ2v) is 6.30. The Morgan fingerprint density at radius 2 is 1.84 bits per heavy atom. The summed E-state index contributed by atoms with van der Waals surface area (Å²) in [5, 5.41) is 5.86. The summed E-state index contributed by atoms with van der Waals surface area (Å²) in [6, 6.07) is 12.8. The number of amides is 3. The molecular weight excluding hydrogens is 318 g/mol. The SMILES string of the molecule is CC(NC(=O)C1CCN(C(=O)Nc2ccccc2)CC1)c1ccco1. The number of hydrogen-bond donors (Lipinski definition) is 2. The van der Waals surface area contributed by atoms with Gasteiger partial charge in [-0.1, -0.05) is 18.2 Å². The number of rotatable bonds is 4. The molecule has 1 atom stereocenters. The van der Waals surface area contributed by atoms with Gasteiger partial charge in [-0.15, -0.1) is 0 Å². The zero-order valence-electron chi connectivity index (χ0n) is 14.3. The molecule has 3 rings (SSSR count). The normalized spacial score (nSPS) is 16.3. The Morgan fingerprint density at radius 3 is 2.48 bits per heavy atom. The fraction of sp³-hybridized carbons (Fsp3) is 0.368. The Bertz CT molecular complexity index is 692. The van der Waals surface area contributed by atoms with Gasteiger partial charge < -0.3 is 20.0 Å². The summed E-state index contributed by atoms with van der Waals surface area (Å²) in [5.41, 5.74) is 0.777. The first-order valence-corrected chi connectivity index (χ1v) is 8.58. The largest absolute Gasteiger partial charge is 0.467 e. The van der Waals surface area contributed by atoms with E-state index >= 15 is 0 Å². The summed E-state index contributed by atoms with van der Waals surface area (Å²) < 4.78 is 5.31. The molecule has 132 valence electrons. The van der Waals surface area contributed by atoms with Gasteiger partial charge in [-0.25, -0.2) is 4.79 Å². The number of furan rings is 1. The highest BCUT2D eigenvalue weighted by Crippen LogP contribution is 2.20. The maximum absolute atomic E-state index is 12.4. The van der Waals surface area contributed by atoms with Gasteiger partial charge in [0.2, 0.25) is 5.91 Å². The highest BCUT2D eigenvalue weighted by molar-refractivity contribution is 5.89. The number of hydrogen-bond acceptors (Lipinski definition) is 3. The molecule has 6 nitrogen and oxygen atoms in total. The Balaban J connectivity index is 1.46. The van der Waals surface area contributed by atoms with E-state index < -0.39 is 0 Å². The second kappa shape index (κ2) is 7.88. The molecule has 1 aliphatic rings. The maximum Gasteiger partial charge on any atom is 0.321 e. The third-order valence-corrected chi connectivity index (χ3v) is 4.51. The van der Waals surface area contributed by atoms with Crippen LogP contribution in [0.1, 0.15) is 31.6 Å². The van der Waals surface area contributed by atoms with Crippen LogP contribution < -0.4 is 10.6 Å².